The number of hydrogen-bond donors (Lipinski definition) is 1. The molecule has 0 atom stereocenters. The number of para-hydroxylation sites is 1. The highest BCUT2D eigenvalue weighted by Crippen LogP contribution is 2.32. The normalized spacial score (nSPS) is 10.1. The summed E-state index contributed by atoms with van der Waals surface area (Å²) in [5.74, 6) is 0.326. The van der Waals surface area contributed by atoms with Crippen LogP contribution in [0.2, 0.25) is 0 Å². The Morgan fingerprint density at radius 1 is 1.20 bits per heavy atom. The Morgan fingerprint density at radius 3 is 2.67 bits per heavy atom. The topological polar surface area (TPSA) is 56.2 Å². The van der Waals surface area contributed by atoms with Crippen molar-refractivity contribution in [3.63, 3.8) is 0 Å². The fourth-order valence-corrected chi connectivity index (χ4v) is 1.96. The molecule has 0 saturated carbocycles. The molecule has 0 saturated heterocycles. The van der Waals surface area contributed by atoms with Crippen LogP contribution in [0.4, 0.5) is 5.69 Å². The molecule has 0 amide bonds. The van der Waals surface area contributed by atoms with Gasteiger partial charge >= 0.3 is 0 Å². The molecule has 2 rings (SSSR count). The highest BCUT2D eigenvalue weighted by Gasteiger charge is 2.05. The second kappa shape index (κ2) is 4.23. The molecule has 0 aliphatic rings. The van der Waals surface area contributed by atoms with E-state index in [-0.39, 0.29) is 0 Å². The molecular formula is C11H9NO2S. The van der Waals surface area contributed by atoms with Crippen LogP contribution in [-0.4, -0.2) is 6.29 Å². The number of hydrogen-bond acceptors (Lipinski definition) is 4. The van der Waals surface area contributed by atoms with Gasteiger partial charge in [-0.3, -0.25) is 4.79 Å². The second-order valence-electron chi connectivity index (χ2n) is 2.91. The van der Waals surface area contributed by atoms with Crippen LogP contribution in [0.25, 0.3) is 0 Å². The maximum Gasteiger partial charge on any atom is 0.185 e. The lowest BCUT2D eigenvalue weighted by Gasteiger charge is -2.01. The van der Waals surface area contributed by atoms with E-state index in [2.05, 4.69) is 0 Å². The Kier molecular flexibility index (Phi) is 2.78. The Balaban J connectivity index is 2.22. The highest BCUT2D eigenvalue weighted by atomic mass is 32.2. The van der Waals surface area contributed by atoms with Crippen molar-refractivity contribution in [1.82, 2.24) is 0 Å². The van der Waals surface area contributed by atoms with Crippen molar-refractivity contribution in [2.45, 2.75) is 9.99 Å². The lowest BCUT2D eigenvalue weighted by atomic mass is 10.3. The van der Waals surface area contributed by atoms with Crippen molar-refractivity contribution < 1.29 is 9.21 Å². The first-order chi connectivity index (χ1) is 7.29. The molecule has 76 valence electrons. The van der Waals surface area contributed by atoms with Crippen molar-refractivity contribution >= 4 is 23.7 Å². The average Bonchev–Trinajstić information content (AvgIpc) is 2.69. The minimum atomic E-state index is 0.326. The summed E-state index contributed by atoms with van der Waals surface area (Å²) < 4.78 is 5.23. The zero-order valence-electron chi connectivity index (χ0n) is 7.84. The van der Waals surface area contributed by atoms with Gasteiger partial charge in [-0.05, 0) is 36.0 Å². The third kappa shape index (κ3) is 2.22. The summed E-state index contributed by atoms with van der Waals surface area (Å²) in [5.41, 5.74) is 6.48. The molecule has 3 nitrogen and oxygen atoms in total. The third-order valence-corrected chi connectivity index (χ3v) is 2.86. The van der Waals surface area contributed by atoms with E-state index in [1.807, 2.05) is 24.3 Å². The minimum Gasteiger partial charge on any atom is -0.447 e. The van der Waals surface area contributed by atoms with Gasteiger partial charge < -0.3 is 10.2 Å². The minimum absolute atomic E-state index is 0.326. The van der Waals surface area contributed by atoms with E-state index in [1.54, 1.807) is 12.1 Å². The van der Waals surface area contributed by atoms with E-state index >= 15 is 0 Å². The fourth-order valence-electron chi connectivity index (χ4n) is 1.13. The number of nitrogen functional groups attached to an aromatic ring is 1. The Morgan fingerprint density at radius 2 is 2.00 bits per heavy atom. The molecule has 4 heteroatoms. The molecule has 2 N–H and O–H groups in total. The number of benzene rings is 1. The summed E-state index contributed by atoms with van der Waals surface area (Å²) in [6.45, 7) is 0. The summed E-state index contributed by atoms with van der Waals surface area (Å²) in [4.78, 5) is 11.3. The van der Waals surface area contributed by atoms with Crippen molar-refractivity contribution in [3.05, 3.63) is 42.2 Å². The van der Waals surface area contributed by atoms with Crippen LogP contribution < -0.4 is 5.73 Å². The van der Waals surface area contributed by atoms with E-state index in [9.17, 15) is 4.79 Å². The smallest absolute Gasteiger partial charge is 0.185 e. The van der Waals surface area contributed by atoms with Gasteiger partial charge in [0.25, 0.3) is 0 Å². The summed E-state index contributed by atoms with van der Waals surface area (Å²) in [7, 11) is 0. The predicted molar refractivity (Wildman–Crippen MR) is 59.1 cm³/mol. The van der Waals surface area contributed by atoms with Gasteiger partial charge in [0, 0.05) is 10.6 Å². The van der Waals surface area contributed by atoms with Crippen molar-refractivity contribution in [2.24, 2.45) is 0 Å². The molecule has 1 aromatic carbocycles. The van der Waals surface area contributed by atoms with Gasteiger partial charge in [-0.25, -0.2) is 0 Å². The van der Waals surface area contributed by atoms with Gasteiger partial charge in [-0.15, -0.1) is 0 Å². The summed E-state index contributed by atoms with van der Waals surface area (Å²) in [6, 6.07) is 10.9. The molecule has 0 aliphatic heterocycles. The zero-order valence-corrected chi connectivity index (χ0v) is 8.66. The van der Waals surface area contributed by atoms with Crippen LogP contribution in [0.1, 0.15) is 10.6 Å². The highest BCUT2D eigenvalue weighted by molar-refractivity contribution is 7.99. The number of aldehydes is 1. The zero-order chi connectivity index (χ0) is 10.7. The van der Waals surface area contributed by atoms with Gasteiger partial charge in [0.1, 0.15) is 0 Å². The SMILES string of the molecule is Nc1ccccc1Sc1ccc(C=O)o1. The van der Waals surface area contributed by atoms with Gasteiger partial charge in [0.05, 0.1) is 0 Å². The number of nitrogens with two attached hydrogens (primary N) is 1. The molecule has 0 bridgehead atoms. The van der Waals surface area contributed by atoms with E-state index in [0.29, 0.717) is 22.8 Å². The van der Waals surface area contributed by atoms with Gasteiger partial charge in [0.2, 0.25) is 0 Å². The van der Waals surface area contributed by atoms with Crippen molar-refractivity contribution in [2.75, 3.05) is 5.73 Å². The quantitative estimate of drug-likeness (QED) is 0.637. The van der Waals surface area contributed by atoms with Gasteiger partial charge in [0.15, 0.2) is 17.1 Å². The first-order valence-corrected chi connectivity index (χ1v) is 5.18. The summed E-state index contributed by atoms with van der Waals surface area (Å²) >= 11 is 1.40. The van der Waals surface area contributed by atoms with E-state index in [4.69, 9.17) is 10.2 Å². The molecule has 0 unspecified atom stereocenters. The molecule has 0 spiro atoms. The first-order valence-electron chi connectivity index (χ1n) is 4.37. The van der Waals surface area contributed by atoms with Crippen LogP contribution >= 0.6 is 11.8 Å². The maximum absolute atomic E-state index is 10.4. The van der Waals surface area contributed by atoms with E-state index in [1.165, 1.54) is 11.8 Å². The van der Waals surface area contributed by atoms with E-state index in [0.717, 1.165) is 4.90 Å². The maximum atomic E-state index is 10.4. The fraction of sp³-hybridized carbons (Fsp3) is 0. The number of furan rings is 1. The number of carbonyl (C=O) groups is 1. The molecule has 1 heterocycles. The van der Waals surface area contributed by atoms with Crippen LogP contribution in [0.3, 0.4) is 0 Å². The van der Waals surface area contributed by atoms with E-state index < -0.39 is 0 Å². The molecule has 1 aromatic heterocycles. The standard InChI is InChI=1S/C11H9NO2S/c12-9-3-1-2-4-10(9)15-11-6-5-8(7-13)14-11/h1-7H,12H2. The van der Waals surface area contributed by atoms with Crippen LogP contribution in [0, 0.1) is 0 Å². The molecule has 0 radical (unpaired) electrons. The Hall–Kier alpha value is -1.68. The summed E-state index contributed by atoms with van der Waals surface area (Å²) in [5, 5.41) is 0.662. The molecular weight excluding hydrogens is 210 g/mol. The lowest BCUT2D eigenvalue weighted by molar-refractivity contribution is 0.109. The van der Waals surface area contributed by atoms with Crippen molar-refractivity contribution in [1.29, 1.82) is 0 Å². The summed E-state index contributed by atoms with van der Waals surface area (Å²) in [6.07, 6.45) is 0.679. The van der Waals surface area contributed by atoms with Crippen molar-refractivity contribution in [3.8, 4) is 0 Å². The third-order valence-electron chi connectivity index (χ3n) is 1.85. The number of rotatable bonds is 3. The van der Waals surface area contributed by atoms with Crippen LogP contribution in [-0.2, 0) is 0 Å². The van der Waals surface area contributed by atoms with Gasteiger partial charge in [-0.2, -0.15) is 0 Å². The molecule has 15 heavy (non-hydrogen) atoms. The number of anilines is 1. The Bertz CT molecular complexity index is 479. The predicted octanol–water partition coefficient (Wildman–Crippen LogP) is 2.83. The average molecular weight is 219 g/mol. The molecule has 0 aliphatic carbocycles. The largest absolute Gasteiger partial charge is 0.447 e. The number of carbonyl (C=O) groups excluding carboxylic acids is 1. The lowest BCUT2D eigenvalue weighted by Crippen LogP contribution is -1.86. The van der Waals surface area contributed by atoms with Crippen LogP contribution in [0.15, 0.2) is 50.8 Å². The second-order valence-corrected chi connectivity index (χ2v) is 3.96. The first kappa shape index (κ1) is 9.86. The van der Waals surface area contributed by atoms with Crippen LogP contribution in [0.5, 0.6) is 0 Å². The van der Waals surface area contributed by atoms with Gasteiger partial charge in [-0.1, -0.05) is 12.1 Å². The molecule has 0 fully saturated rings. The molecule has 2 aromatic rings. The Labute approximate surface area is 91.3 Å². The monoisotopic (exact) mass is 219 g/mol.